The van der Waals surface area contributed by atoms with Gasteiger partial charge in [0, 0.05) is 29.8 Å². The summed E-state index contributed by atoms with van der Waals surface area (Å²) in [5.41, 5.74) is 5.12. The molecule has 0 amide bonds. The number of rotatable bonds is 6. The molecule has 0 saturated carbocycles. The highest BCUT2D eigenvalue weighted by atomic mass is 32.1. The van der Waals surface area contributed by atoms with E-state index in [2.05, 4.69) is 16.4 Å². The molecule has 4 aromatic rings. The maximum Gasteiger partial charge on any atom is 0.207 e. The number of aromatic nitrogens is 2. The van der Waals surface area contributed by atoms with Gasteiger partial charge in [0.05, 0.1) is 31.7 Å². The molecule has 1 aliphatic heterocycles. The smallest absolute Gasteiger partial charge is 0.207 e. The second-order valence-electron chi connectivity index (χ2n) is 7.37. The zero-order valence-electron chi connectivity index (χ0n) is 17.8. The van der Waals surface area contributed by atoms with Gasteiger partial charge >= 0.3 is 0 Å². The Bertz CT molecular complexity index is 1240. The lowest BCUT2D eigenvalue weighted by Crippen LogP contribution is -2.18. The number of ether oxygens (including phenoxy) is 2. The van der Waals surface area contributed by atoms with Crippen LogP contribution in [0.2, 0.25) is 0 Å². The van der Waals surface area contributed by atoms with Gasteiger partial charge in [-0.25, -0.2) is 9.99 Å². The number of benzene rings is 2. The molecule has 0 radical (unpaired) electrons. The van der Waals surface area contributed by atoms with Crippen molar-refractivity contribution in [1.29, 1.82) is 0 Å². The SMILES string of the molecule is COc1ccc(C2=NN(c3nc(-c4cccc(OC)c4)cs3)C(c3cccnc3)C2)cc1. The Labute approximate surface area is 190 Å². The van der Waals surface area contributed by atoms with Crippen molar-refractivity contribution >= 4 is 22.2 Å². The summed E-state index contributed by atoms with van der Waals surface area (Å²) in [7, 11) is 3.34. The minimum absolute atomic E-state index is 0.0325. The highest BCUT2D eigenvalue weighted by Gasteiger charge is 2.32. The molecule has 32 heavy (non-hydrogen) atoms. The van der Waals surface area contributed by atoms with E-state index in [4.69, 9.17) is 19.6 Å². The fourth-order valence-corrected chi connectivity index (χ4v) is 4.59. The van der Waals surface area contributed by atoms with Crippen LogP contribution in [0.15, 0.2) is 83.5 Å². The summed E-state index contributed by atoms with van der Waals surface area (Å²) in [5, 5.41) is 9.91. The maximum atomic E-state index is 5.36. The first kappa shape index (κ1) is 20.2. The first-order valence-corrected chi connectivity index (χ1v) is 11.1. The molecule has 160 valence electrons. The largest absolute Gasteiger partial charge is 0.497 e. The van der Waals surface area contributed by atoms with Crippen LogP contribution in [0.3, 0.4) is 0 Å². The van der Waals surface area contributed by atoms with Crippen molar-refractivity contribution in [3.05, 3.63) is 89.6 Å². The number of pyridine rings is 1. The maximum absolute atomic E-state index is 5.36. The fraction of sp³-hybridized carbons (Fsp3) is 0.160. The van der Waals surface area contributed by atoms with Crippen LogP contribution in [0.25, 0.3) is 11.3 Å². The Morgan fingerprint density at radius 2 is 1.78 bits per heavy atom. The van der Waals surface area contributed by atoms with E-state index >= 15 is 0 Å². The van der Waals surface area contributed by atoms with E-state index in [9.17, 15) is 0 Å². The predicted molar refractivity (Wildman–Crippen MR) is 128 cm³/mol. The Kier molecular flexibility index (Phi) is 5.56. The van der Waals surface area contributed by atoms with Crippen LogP contribution in [0, 0.1) is 0 Å². The molecule has 3 heterocycles. The number of hydrazone groups is 1. The minimum Gasteiger partial charge on any atom is -0.497 e. The van der Waals surface area contributed by atoms with Crippen molar-refractivity contribution in [3.8, 4) is 22.8 Å². The van der Waals surface area contributed by atoms with Gasteiger partial charge in [-0.3, -0.25) is 4.98 Å². The molecule has 5 rings (SSSR count). The molecular weight excluding hydrogens is 420 g/mol. The van der Waals surface area contributed by atoms with Gasteiger partial charge in [-0.1, -0.05) is 18.2 Å². The van der Waals surface area contributed by atoms with Crippen LogP contribution < -0.4 is 14.5 Å². The number of nitrogens with zero attached hydrogens (tertiary/aromatic N) is 4. The first-order chi connectivity index (χ1) is 15.7. The van der Waals surface area contributed by atoms with Gasteiger partial charge in [-0.15, -0.1) is 11.3 Å². The van der Waals surface area contributed by atoms with Gasteiger partial charge in [0.25, 0.3) is 0 Å². The second-order valence-corrected chi connectivity index (χ2v) is 8.21. The van der Waals surface area contributed by atoms with E-state index in [-0.39, 0.29) is 6.04 Å². The van der Waals surface area contributed by atoms with Crippen molar-refractivity contribution in [2.75, 3.05) is 19.2 Å². The van der Waals surface area contributed by atoms with Gasteiger partial charge < -0.3 is 9.47 Å². The molecule has 2 aromatic heterocycles. The average Bonchev–Trinajstić information content (AvgIpc) is 3.52. The van der Waals surface area contributed by atoms with Crippen LogP contribution in [0.1, 0.15) is 23.6 Å². The molecule has 0 spiro atoms. The molecule has 1 unspecified atom stereocenters. The quantitative estimate of drug-likeness (QED) is 0.390. The Balaban J connectivity index is 1.51. The van der Waals surface area contributed by atoms with Crippen molar-refractivity contribution in [2.24, 2.45) is 5.10 Å². The van der Waals surface area contributed by atoms with Crippen LogP contribution >= 0.6 is 11.3 Å². The van der Waals surface area contributed by atoms with Crippen LogP contribution in [-0.4, -0.2) is 29.9 Å². The number of hydrogen-bond donors (Lipinski definition) is 0. The summed E-state index contributed by atoms with van der Waals surface area (Å²) in [6, 6.07) is 20.0. The lowest BCUT2D eigenvalue weighted by Gasteiger charge is -2.20. The first-order valence-electron chi connectivity index (χ1n) is 10.3. The standard InChI is InChI=1S/C25H22N4O2S/c1-30-20-10-8-17(9-11-20)22-14-24(19-6-4-12-26-15-19)29(28-22)25-27-23(16-32-25)18-5-3-7-21(13-18)31-2/h3-13,15-16,24H,14H2,1-2H3. The second kappa shape index (κ2) is 8.80. The number of hydrogen-bond acceptors (Lipinski definition) is 7. The third-order valence-electron chi connectivity index (χ3n) is 5.46. The third kappa shape index (κ3) is 3.94. The number of anilines is 1. The van der Waals surface area contributed by atoms with Crippen molar-refractivity contribution in [3.63, 3.8) is 0 Å². The Morgan fingerprint density at radius 3 is 2.53 bits per heavy atom. The Hall–Kier alpha value is -3.71. The monoisotopic (exact) mass is 442 g/mol. The highest BCUT2D eigenvalue weighted by Crippen LogP contribution is 2.39. The molecule has 1 atom stereocenters. The van der Waals surface area contributed by atoms with E-state index in [1.54, 1.807) is 31.8 Å². The fourth-order valence-electron chi connectivity index (χ4n) is 3.76. The third-order valence-corrected chi connectivity index (χ3v) is 6.29. The normalized spacial score (nSPS) is 15.5. The van der Waals surface area contributed by atoms with Crippen molar-refractivity contribution < 1.29 is 9.47 Å². The van der Waals surface area contributed by atoms with Crippen LogP contribution in [0.4, 0.5) is 5.13 Å². The molecule has 2 aromatic carbocycles. The highest BCUT2D eigenvalue weighted by molar-refractivity contribution is 7.14. The van der Waals surface area contributed by atoms with Crippen molar-refractivity contribution in [2.45, 2.75) is 12.5 Å². The van der Waals surface area contributed by atoms with E-state index in [1.807, 2.05) is 65.8 Å². The summed E-state index contributed by atoms with van der Waals surface area (Å²) in [4.78, 5) is 9.24. The van der Waals surface area contributed by atoms with Gasteiger partial charge in [0.1, 0.15) is 11.5 Å². The van der Waals surface area contributed by atoms with E-state index in [0.717, 1.165) is 51.1 Å². The van der Waals surface area contributed by atoms with Gasteiger partial charge in [0.2, 0.25) is 5.13 Å². The average molecular weight is 443 g/mol. The summed E-state index contributed by atoms with van der Waals surface area (Å²) in [6.07, 6.45) is 4.46. The number of methoxy groups -OCH3 is 2. The van der Waals surface area contributed by atoms with E-state index < -0.39 is 0 Å². The molecule has 7 heteroatoms. The number of thiazole rings is 1. The molecule has 0 saturated heterocycles. The lowest BCUT2D eigenvalue weighted by atomic mass is 10.00. The van der Waals surface area contributed by atoms with Gasteiger partial charge in [-0.05, 0) is 53.6 Å². The Morgan fingerprint density at radius 1 is 0.938 bits per heavy atom. The minimum atomic E-state index is 0.0325. The zero-order valence-corrected chi connectivity index (χ0v) is 18.6. The predicted octanol–water partition coefficient (Wildman–Crippen LogP) is 5.58. The van der Waals surface area contributed by atoms with E-state index in [0.29, 0.717) is 0 Å². The van der Waals surface area contributed by atoms with Crippen LogP contribution in [-0.2, 0) is 0 Å². The topological polar surface area (TPSA) is 59.8 Å². The van der Waals surface area contributed by atoms with Gasteiger partial charge in [0.15, 0.2) is 0 Å². The summed E-state index contributed by atoms with van der Waals surface area (Å²) >= 11 is 1.58. The zero-order chi connectivity index (χ0) is 21.9. The molecule has 0 fully saturated rings. The lowest BCUT2D eigenvalue weighted by molar-refractivity contribution is 0.414. The van der Waals surface area contributed by atoms with Gasteiger partial charge in [-0.2, -0.15) is 5.10 Å². The molecule has 6 nitrogen and oxygen atoms in total. The summed E-state index contributed by atoms with van der Waals surface area (Å²) < 4.78 is 10.7. The molecule has 0 bridgehead atoms. The van der Waals surface area contributed by atoms with Crippen LogP contribution in [0.5, 0.6) is 11.5 Å². The van der Waals surface area contributed by atoms with Crippen molar-refractivity contribution in [1.82, 2.24) is 9.97 Å². The summed E-state index contributed by atoms with van der Waals surface area (Å²) in [6.45, 7) is 0. The molecule has 1 aliphatic rings. The molecule has 0 N–H and O–H groups in total. The summed E-state index contributed by atoms with van der Waals surface area (Å²) in [5.74, 6) is 1.64. The van der Waals surface area contributed by atoms with E-state index in [1.165, 1.54) is 0 Å². The molecular formula is C25H22N4O2S. The molecule has 0 aliphatic carbocycles.